The smallest absolute Gasteiger partial charge is 0.286 e. The van der Waals surface area contributed by atoms with E-state index in [-0.39, 0.29) is 22.0 Å². The van der Waals surface area contributed by atoms with E-state index >= 15 is 0 Å². The summed E-state index contributed by atoms with van der Waals surface area (Å²) in [6, 6.07) is -0.241. The summed E-state index contributed by atoms with van der Waals surface area (Å²) >= 11 is 0. The molecular formula is C13H12FN3O2S. The molecule has 3 heterocycles. The average Bonchev–Trinajstić information content (AvgIpc) is 2.90. The molecule has 4 rings (SSSR count). The Kier molecular flexibility index (Phi) is 2.39. The summed E-state index contributed by atoms with van der Waals surface area (Å²) in [5.74, 6) is -0.757. The number of halogens is 1. The van der Waals surface area contributed by atoms with Gasteiger partial charge in [0.25, 0.3) is 5.56 Å². The van der Waals surface area contributed by atoms with Gasteiger partial charge in [-0.1, -0.05) is 6.42 Å². The van der Waals surface area contributed by atoms with E-state index < -0.39 is 22.2 Å². The van der Waals surface area contributed by atoms with Crippen LogP contribution >= 0.6 is 0 Å². The molecule has 20 heavy (non-hydrogen) atoms. The van der Waals surface area contributed by atoms with Crippen molar-refractivity contribution in [1.82, 2.24) is 14.5 Å². The maximum atomic E-state index is 14.2. The van der Waals surface area contributed by atoms with Crippen molar-refractivity contribution in [3.8, 4) is 0 Å². The Morgan fingerprint density at radius 1 is 1.45 bits per heavy atom. The molecule has 0 aromatic carbocycles. The molecular weight excluding hydrogens is 281 g/mol. The standard InChI is InChI=1S/C13H12FN3O2S/c1-6-7-5-15-13-16-11(7)17(12(18)10(6)14)8-3-2-4-9(8)20(13)19/h5,8-9H,2-4H2,1H3. The fourth-order valence-corrected chi connectivity index (χ4v) is 4.81. The van der Waals surface area contributed by atoms with Crippen LogP contribution in [0.25, 0.3) is 11.0 Å². The van der Waals surface area contributed by atoms with Crippen LogP contribution in [0.1, 0.15) is 30.9 Å². The lowest BCUT2D eigenvalue weighted by Gasteiger charge is -2.19. The van der Waals surface area contributed by atoms with Gasteiger partial charge in [-0.15, -0.1) is 0 Å². The monoisotopic (exact) mass is 293 g/mol. The fraction of sp³-hybridized carbons (Fsp3) is 0.462. The number of rotatable bonds is 0. The molecule has 0 radical (unpaired) electrons. The number of pyridine rings is 1. The minimum Gasteiger partial charge on any atom is -0.286 e. The molecule has 0 saturated heterocycles. The lowest BCUT2D eigenvalue weighted by molar-refractivity contribution is 0.491. The summed E-state index contributed by atoms with van der Waals surface area (Å²) in [4.78, 5) is 20.7. The molecule has 1 fully saturated rings. The Morgan fingerprint density at radius 3 is 3.05 bits per heavy atom. The molecule has 0 spiro atoms. The molecule has 2 aromatic rings. The highest BCUT2D eigenvalue weighted by Gasteiger charge is 2.39. The van der Waals surface area contributed by atoms with Crippen LogP contribution in [0.2, 0.25) is 0 Å². The summed E-state index contributed by atoms with van der Waals surface area (Å²) in [7, 11) is -1.33. The normalized spacial score (nSPS) is 27.8. The van der Waals surface area contributed by atoms with Crippen LogP contribution in [0, 0.1) is 12.7 Å². The summed E-state index contributed by atoms with van der Waals surface area (Å²) in [6.07, 6.45) is 3.84. The van der Waals surface area contributed by atoms with Crippen LogP contribution in [0.4, 0.5) is 4.39 Å². The molecule has 0 amide bonds. The predicted octanol–water partition coefficient (Wildman–Crippen LogP) is 1.45. The lowest BCUT2D eigenvalue weighted by Crippen LogP contribution is -2.32. The number of hydrogen-bond acceptors (Lipinski definition) is 4. The van der Waals surface area contributed by atoms with E-state index in [1.54, 1.807) is 6.92 Å². The van der Waals surface area contributed by atoms with E-state index in [2.05, 4.69) is 9.97 Å². The Morgan fingerprint density at radius 2 is 2.25 bits per heavy atom. The van der Waals surface area contributed by atoms with Gasteiger partial charge in [0.2, 0.25) is 5.16 Å². The quantitative estimate of drug-likeness (QED) is 0.690. The highest BCUT2D eigenvalue weighted by atomic mass is 32.2. The second-order valence-corrected chi connectivity index (χ2v) is 6.90. The molecule has 2 aliphatic rings. The number of aryl methyl sites for hydroxylation is 1. The van der Waals surface area contributed by atoms with Gasteiger partial charge in [-0.3, -0.25) is 13.6 Å². The Hall–Kier alpha value is -1.63. The zero-order chi connectivity index (χ0) is 14.0. The van der Waals surface area contributed by atoms with Gasteiger partial charge in [-0.2, -0.15) is 0 Å². The molecule has 104 valence electrons. The van der Waals surface area contributed by atoms with E-state index in [1.165, 1.54) is 10.8 Å². The molecule has 2 aromatic heterocycles. The molecule has 1 aliphatic heterocycles. The Labute approximate surface area is 116 Å². The third-order valence-corrected chi connectivity index (χ3v) is 5.98. The Balaban J connectivity index is 2.21. The van der Waals surface area contributed by atoms with Gasteiger partial charge in [-0.05, 0) is 19.8 Å². The van der Waals surface area contributed by atoms with Crippen molar-refractivity contribution in [2.24, 2.45) is 0 Å². The van der Waals surface area contributed by atoms with Gasteiger partial charge < -0.3 is 0 Å². The van der Waals surface area contributed by atoms with Crippen LogP contribution in [0.15, 0.2) is 16.1 Å². The van der Waals surface area contributed by atoms with Crippen molar-refractivity contribution in [3.05, 3.63) is 27.9 Å². The molecule has 2 bridgehead atoms. The first kappa shape index (κ1) is 12.1. The summed E-state index contributed by atoms with van der Waals surface area (Å²) < 4.78 is 28.1. The van der Waals surface area contributed by atoms with Crippen molar-refractivity contribution in [2.45, 2.75) is 42.6 Å². The Bertz CT molecular complexity index is 832. The number of nitrogens with zero attached hydrogens (tertiary/aromatic N) is 3. The van der Waals surface area contributed by atoms with E-state index in [1.807, 2.05) is 0 Å². The second kappa shape index (κ2) is 3.94. The van der Waals surface area contributed by atoms with Gasteiger partial charge in [0.15, 0.2) is 5.82 Å². The predicted molar refractivity (Wildman–Crippen MR) is 71.6 cm³/mol. The van der Waals surface area contributed by atoms with Crippen LogP contribution in [-0.4, -0.2) is 24.0 Å². The number of hydrogen-bond donors (Lipinski definition) is 0. The summed E-state index contributed by atoms with van der Waals surface area (Å²) in [5, 5.41) is 0.583. The lowest BCUT2D eigenvalue weighted by atomic mass is 10.1. The first-order chi connectivity index (χ1) is 9.59. The number of fused-ring (bicyclic) bond motifs is 3. The van der Waals surface area contributed by atoms with Crippen LogP contribution in [0.3, 0.4) is 0 Å². The van der Waals surface area contributed by atoms with Crippen molar-refractivity contribution < 1.29 is 8.60 Å². The van der Waals surface area contributed by atoms with Crippen LogP contribution < -0.4 is 5.56 Å². The van der Waals surface area contributed by atoms with Gasteiger partial charge >= 0.3 is 0 Å². The third kappa shape index (κ3) is 1.36. The van der Waals surface area contributed by atoms with Crippen LogP contribution in [0.5, 0.6) is 0 Å². The fourth-order valence-electron chi connectivity index (χ4n) is 3.28. The summed E-state index contributed by atoms with van der Waals surface area (Å²) in [6.45, 7) is 1.55. The van der Waals surface area contributed by atoms with Gasteiger partial charge in [-0.25, -0.2) is 14.4 Å². The van der Waals surface area contributed by atoms with Gasteiger partial charge in [0, 0.05) is 17.1 Å². The molecule has 3 unspecified atom stereocenters. The molecule has 7 heteroatoms. The van der Waals surface area contributed by atoms with Gasteiger partial charge in [0.05, 0.1) is 22.1 Å². The maximum absolute atomic E-state index is 14.2. The first-order valence-corrected chi connectivity index (χ1v) is 7.79. The minimum atomic E-state index is -1.33. The molecule has 1 aliphatic carbocycles. The van der Waals surface area contributed by atoms with Crippen molar-refractivity contribution in [3.63, 3.8) is 0 Å². The zero-order valence-electron chi connectivity index (χ0n) is 10.8. The second-order valence-electron chi connectivity index (χ2n) is 5.34. The van der Waals surface area contributed by atoms with Gasteiger partial charge in [0.1, 0.15) is 5.65 Å². The zero-order valence-corrected chi connectivity index (χ0v) is 11.6. The van der Waals surface area contributed by atoms with Crippen LogP contribution in [-0.2, 0) is 10.8 Å². The largest absolute Gasteiger partial charge is 0.288 e. The molecule has 5 nitrogen and oxygen atoms in total. The topological polar surface area (TPSA) is 64.8 Å². The maximum Gasteiger partial charge on any atom is 0.288 e. The molecule has 3 atom stereocenters. The third-order valence-electron chi connectivity index (χ3n) is 4.32. The highest BCUT2D eigenvalue weighted by Crippen LogP contribution is 2.38. The van der Waals surface area contributed by atoms with Crippen molar-refractivity contribution >= 4 is 21.8 Å². The highest BCUT2D eigenvalue weighted by molar-refractivity contribution is 7.85. The van der Waals surface area contributed by atoms with E-state index in [0.29, 0.717) is 11.0 Å². The minimum absolute atomic E-state index is 0.196. The van der Waals surface area contributed by atoms with Crippen molar-refractivity contribution in [2.75, 3.05) is 0 Å². The summed E-state index contributed by atoms with van der Waals surface area (Å²) in [5.41, 5.74) is 0.0205. The SMILES string of the molecule is Cc1c(F)c(=O)n2c3nc(ncc13)S(=O)C1CCCC12. The first-order valence-electron chi connectivity index (χ1n) is 6.57. The van der Waals surface area contributed by atoms with E-state index in [9.17, 15) is 13.4 Å². The van der Waals surface area contributed by atoms with Crippen molar-refractivity contribution in [1.29, 1.82) is 0 Å². The average molecular weight is 293 g/mol. The number of aromatic nitrogens is 3. The molecule has 0 N–H and O–H groups in total. The van der Waals surface area contributed by atoms with E-state index in [4.69, 9.17) is 0 Å². The molecule has 1 saturated carbocycles. The van der Waals surface area contributed by atoms with E-state index in [0.717, 1.165) is 19.3 Å².